The van der Waals surface area contributed by atoms with Crippen molar-refractivity contribution < 1.29 is 19.1 Å². The van der Waals surface area contributed by atoms with Crippen molar-refractivity contribution in [3.05, 3.63) is 29.3 Å². The van der Waals surface area contributed by atoms with Crippen LogP contribution in [0.5, 0.6) is 5.75 Å². The predicted molar refractivity (Wildman–Crippen MR) is 70.4 cm³/mol. The molecule has 0 N–H and O–H groups in total. The molecular formula is C15H18O4. The van der Waals surface area contributed by atoms with Gasteiger partial charge in [0.1, 0.15) is 5.75 Å². The summed E-state index contributed by atoms with van der Waals surface area (Å²) in [5.41, 5.74) is 1.58. The summed E-state index contributed by atoms with van der Waals surface area (Å²) >= 11 is 0. The molecule has 0 aromatic heterocycles. The number of carbonyl (C=O) groups is 2. The first-order valence-corrected chi connectivity index (χ1v) is 6.53. The molecule has 0 amide bonds. The molecule has 0 heterocycles. The van der Waals surface area contributed by atoms with Crippen LogP contribution in [-0.2, 0) is 16.0 Å². The van der Waals surface area contributed by atoms with E-state index in [1.165, 1.54) is 0 Å². The van der Waals surface area contributed by atoms with Gasteiger partial charge in [-0.15, -0.1) is 0 Å². The first kappa shape index (κ1) is 13.6. The van der Waals surface area contributed by atoms with Crippen LogP contribution in [0, 0.1) is 5.92 Å². The molecule has 4 heteroatoms. The highest BCUT2D eigenvalue weighted by molar-refractivity contribution is 6.00. The highest BCUT2D eigenvalue weighted by Crippen LogP contribution is 2.31. The van der Waals surface area contributed by atoms with Crippen molar-refractivity contribution in [2.75, 3.05) is 13.7 Å². The lowest BCUT2D eigenvalue weighted by Gasteiger charge is -2.11. The molecule has 1 aromatic carbocycles. The van der Waals surface area contributed by atoms with Gasteiger partial charge in [0.15, 0.2) is 5.78 Å². The zero-order valence-corrected chi connectivity index (χ0v) is 11.3. The van der Waals surface area contributed by atoms with Crippen molar-refractivity contribution in [3.8, 4) is 5.75 Å². The van der Waals surface area contributed by atoms with Gasteiger partial charge in [-0.1, -0.05) is 12.1 Å². The van der Waals surface area contributed by atoms with E-state index in [0.717, 1.165) is 11.3 Å². The smallest absolute Gasteiger partial charge is 0.309 e. The van der Waals surface area contributed by atoms with Crippen molar-refractivity contribution in [2.24, 2.45) is 5.92 Å². The molecule has 0 radical (unpaired) electrons. The van der Waals surface area contributed by atoms with Crippen LogP contribution in [0.2, 0.25) is 0 Å². The molecule has 0 fully saturated rings. The van der Waals surface area contributed by atoms with Crippen LogP contribution in [0.1, 0.15) is 35.7 Å². The van der Waals surface area contributed by atoms with E-state index in [4.69, 9.17) is 9.47 Å². The number of hydrogen-bond donors (Lipinski definition) is 0. The van der Waals surface area contributed by atoms with Crippen molar-refractivity contribution in [1.29, 1.82) is 0 Å². The molecule has 1 aliphatic rings. The van der Waals surface area contributed by atoms with Gasteiger partial charge in [0.05, 0.1) is 19.6 Å². The summed E-state index contributed by atoms with van der Waals surface area (Å²) in [4.78, 5) is 24.0. The molecule has 1 aromatic rings. The summed E-state index contributed by atoms with van der Waals surface area (Å²) in [6, 6.07) is 5.45. The Balaban J connectivity index is 2.27. The van der Waals surface area contributed by atoms with Crippen LogP contribution < -0.4 is 4.74 Å². The molecule has 19 heavy (non-hydrogen) atoms. The van der Waals surface area contributed by atoms with E-state index in [2.05, 4.69) is 0 Å². The zero-order valence-electron chi connectivity index (χ0n) is 11.3. The first-order chi connectivity index (χ1) is 9.17. The van der Waals surface area contributed by atoms with Gasteiger partial charge in [-0.2, -0.15) is 0 Å². The Kier molecular flexibility index (Phi) is 4.20. The Morgan fingerprint density at radius 1 is 1.42 bits per heavy atom. The number of ether oxygens (including phenoxy) is 2. The molecule has 0 spiro atoms. The molecule has 2 rings (SSSR count). The topological polar surface area (TPSA) is 52.6 Å². The quantitative estimate of drug-likeness (QED) is 0.620. The second-order valence-corrected chi connectivity index (χ2v) is 4.60. The molecule has 0 aliphatic heterocycles. The number of esters is 1. The first-order valence-electron chi connectivity index (χ1n) is 6.53. The summed E-state index contributed by atoms with van der Waals surface area (Å²) in [7, 11) is 1.59. The third-order valence-corrected chi connectivity index (χ3v) is 3.45. The zero-order chi connectivity index (χ0) is 13.8. The van der Waals surface area contributed by atoms with E-state index in [9.17, 15) is 9.59 Å². The number of hydrogen-bond acceptors (Lipinski definition) is 4. The lowest BCUT2D eigenvalue weighted by molar-refractivity contribution is -0.148. The van der Waals surface area contributed by atoms with Gasteiger partial charge in [0.25, 0.3) is 0 Å². The lowest BCUT2D eigenvalue weighted by Crippen LogP contribution is -2.19. The van der Waals surface area contributed by atoms with Gasteiger partial charge >= 0.3 is 5.97 Å². The summed E-state index contributed by atoms with van der Waals surface area (Å²) < 4.78 is 10.3. The molecule has 1 atom stereocenters. The highest BCUT2D eigenvalue weighted by atomic mass is 16.5. The number of fused-ring (bicyclic) bond motifs is 1. The average molecular weight is 262 g/mol. The predicted octanol–water partition coefficient (Wildman–Crippen LogP) is 2.39. The van der Waals surface area contributed by atoms with E-state index >= 15 is 0 Å². The Morgan fingerprint density at radius 2 is 2.21 bits per heavy atom. The monoisotopic (exact) mass is 262 g/mol. The average Bonchev–Trinajstić information content (AvgIpc) is 2.59. The van der Waals surface area contributed by atoms with Gasteiger partial charge in [0.2, 0.25) is 0 Å². The molecule has 1 aliphatic carbocycles. The summed E-state index contributed by atoms with van der Waals surface area (Å²) in [6.45, 7) is 2.12. The van der Waals surface area contributed by atoms with Crippen molar-refractivity contribution in [1.82, 2.24) is 0 Å². The second-order valence-electron chi connectivity index (χ2n) is 4.60. The number of rotatable bonds is 3. The van der Waals surface area contributed by atoms with Crippen LogP contribution in [0.25, 0.3) is 0 Å². The van der Waals surface area contributed by atoms with E-state index in [0.29, 0.717) is 25.0 Å². The van der Waals surface area contributed by atoms with E-state index < -0.39 is 0 Å². The van der Waals surface area contributed by atoms with Gasteiger partial charge in [0, 0.05) is 17.5 Å². The second kappa shape index (κ2) is 5.87. The van der Waals surface area contributed by atoms with Crippen LogP contribution >= 0.6 is 0 Å². The molecular weight excluding hydrogens is 244 g/mol. The SMILES string of the molecule is CCOC(=O)C1CCc2c(OC)cccc2C(=O)C1. The molecule has 0 bridgehead atoms. The maximum absolute atomic E-state index is 12.2. The summed E-state index contributed by atoms with van der Waals surface area (Å²) in [5.74, 6) is 0.0898. The van der Waals surface area contributed by atoms with E-state index in [-0.39, 0.29) is 24.1 Å². The molecule has 4 nitrogen and oxygen atoms in total. The van der Waals surface area contributed by atoms with Crippen molar-refractivity contribution >= 4 is 11.8 Å². The van der Waals surface area contributed by atoms with Gasteiger partial charge in [-0.3, -0.25) is 9.59 Å². The lowest BCUT2D eigenvalue weighted by atomic mass is 9.99. The highest BCUT2D eigenvalue weighted by Gasteiger charge is 2.29. The molecule has 102 valence electrons. The van der Waals surface area contributed by atoms with Gasteiger partial charge in [-0.05, 0) is 25.8 Å². The third kappa shape index (κ3) is 2.78. The fourth-order valence-corrected chi connectivity index (χ4v) is 2.49. The summed E-state index contributed by atoms with van der Waals surface area (Å²) in [5, 5.41) is 0. The Bertz CT molecular complexity index is 493. The van der Waals surface area contributed by atoms with Crippen LogP contribution in [0.3, 0.4) is 0 Å². The Hall–Kier alpha value is -1.84. The van der Waals surface area contributed by atoms with Crippen molar-refractivity contribution in [3.63, 3.8) is 0 Å². The van der Waals surface area contributed by atoms with Crippen LogP contribution in [0.15, 0.2) is 18.2 Å². The number of ketones is 1. The Morgan fingerprint density at radius 3 is 2.89 bits per heavy atom. The maximum Gasteiger partial charge on any atom is 0.309 e. The molecule has 0 saturated carbocycles. The number of carbonyl (C=O) groups excluding carboxylic acids is 2. The van der Waals surface area contributed by atoms with E-state index in [1.54, 1.807) is 26.2 Å². The number of Topliss-reactive ketones (excluding diaryl/α,β-unsaturated/α-hetero) is 1. The summed E-state index contributed by atoms with van der Waals surface area (Å²) in [6.07, 6.45) is 1.51. The van der Waals surface area contributed by atoms with E-state index in [1.807, 2.05) is 6.07 Å². The van der Waals surface area contributed by atoms with Gasteiger partial charge in [-0.25, -0.2) is 0 Å². The fourth-order valence-electron chi connectivity index (χ4n) is 2.49. The standard InChI is InChI=1S/C15H18O4/c1-3-19-15(17)10-7-8-12-11(13(16)9-10)5-4-6-14(12)18-2/h4-6,10H,3,7-9H2,1-2H3. The number of benzene rings is 1. The molecule has 1 unspecified atom stereocenters. The van der Waals surface area contributed by atoms with Crippen LogP contribution in [-0.4, -0.2) is 25.5 Å². The maximum atomic E-state index is 12.2. The molecule has 0 saturated heterocycles. The Labute approximate surface area is 112 Å². The normalized spacial score (nSPS) is 18.4. The van der Waals surface area contributed by atoms with Crippen molar-refractivity contribution in [2.45, 2.75) is 26.2 Å². The minimum absolute atomic E-state index is 0.00977. The largest absolute Gasteiger partial charge is 0.496 e. The fraction of sp³-hybridized carbons (Fsp3) is 0.467. The van der Waals surface area contributed by atoms with Gasteiger partial charge < -0.3 is 9.47 Å². The third-order valence-electron chi connectivity index (χ3n) is 3.45. The van der Waals surface area contributed by atoms with Crippen LogP contribution in [0.4, 0.5) is 0 Å². The minimum atomic E-state index is -0.343. The number of methoxy groups -OCH3 is 1. The minimum Gasteiger partial charge on any atom is -0.496 e.